The molecule has 0 atom stereocenters. The third-order valence-corrected chi connectivity index (χ3v) is 4.36. The standard InChI is InChI=1S/C13H7BrF3NOS/c14-10-3-4-20-12(10)7-19-11-2-1-8(6-18)5-9(11)13(15,16)17/h1-5H,7H2. The van der Waals surface area contributed by atoms with Gasteiger partial charge in [-0.15, -0.1) is 11.3 Å². The number of nitrogens with zero attached hydrogens (tertiary/aromatic N) is 1. The summed E-state index contributed by atoms with van der Waals surface area (Å²) in [5.74, 6) is -0.281. The van der Waals surface area contributed by atoms with E-state index >= 15 is 0 Å². The molecular formula is C13H7BrF3NOS. The minimum absolute atomic E-state index is 0.0350. The predicted octanol–water partition coefficient (Wildman–Crippen LogP) is 4.98. The smallest absolute Gasteiger partial charge is 0.420 e. The lowest BCUT2D eigenvalue weighted by Gasteiger charge is -2.14. The zero-order valence-corrected chi connectivity index (χ0v) is 12.3. The number of thiophene rings is 1. The molecule has 7 heteroatoms. The average Bonchev–Trinajstić information content (AvgIpc) is 2.80. The predicted molar refractivity (Wildman–Crippen MR) is 72.5 cm³/mol. The van der Waals surface area contributed by atoms with Gasteiger partial charge in [0, 0.05) is 4.47 Å². The summed E-state index contributed by atoms with van der Waals surface area (Å²) in [7, 11) is 0. The van der Waals surface area contributed by atoms with Crippen LogP contribution in [0.1, 0.15) is 16.0 Å². The van der Waals surface area contributed by atoms with Crippen LogP contribution in [0.5, 0.6) is 5.75 Å². The fraction of sp³-hybridized carbons (Fsp3) is 0.154. The maximum absolute atomic E-state index is 12.9. The summed E-state index contributed by atoms with van der Waals surface area (Å²) in [5, 5.41) is 10.5. The summed E-state index contributed by atoms with van der Waals surface area (Å²) in [6.45, 7) is 0.0350. The minimum Gasteiger partial charge on any atom is -0.487 e. The summed E-state index contributed by atoms with van der Waals surface area (Å²) < 4.78 is 44.8. The van der Waals surface area contributed by atoms with Crippen molar-refractivity contribution in [1.82, 2.24) is 0 Å². The Hall–Kier alpha value is -1.52. The van der Waals surface area contributed by atoms with Crippen molar-refractivity contribution in [3.05, 3.63) is 50.1 Å². The summed E-state index contributed by atoms with van der Waals surface area (Å²) in [6, 6.07) is 6.74. The van der Waals surface area contributed by atoms with Crippen LogP contribution in [0.3, 0.4) is 0 Å². The van der Waals surface area contributed by atoms with E-state index in [4.69, 9.17) is 10.00 Å². The Morgan fingerprint density at radius 3 is 2.60 bits per heavy atom. The molecule has 1 aromatic carbocycles. The Morgan fingerprint density at radius 1 is 1.30 bits per heavy atom. The minimum atomic E-state index is -4.56. The highest BCUT2D eigenvalue weighted by atomic mass is 79.9. The van der Waals surface area contributed by atoms with Gasteiger partial charge in [0.1, 0.15) is 12.4 Å². The SMILES string of the molecule is N#Cc1ccc(OCc2sccc2Br)c(C(F)(F)F)c1. The van der Waals surface area contributed by atoms with Crippen molar-refractivity contribution in [3.8, 4) is 11.8 Å². The van der Waals surface area contributed by atoms with Crippen LogP contribution < -0.4 is 4.74 Å². The van der Waals surface area contributed by atoms with E-state index in [1.165, 1.54) is 23.5 Å². The van der Waals surface area contributed by atoms with Gasteiger partial charge >= 0.3 is 6.18 Å². The second-order valence-electron chi connectivity index (χ2n) is 3.80. The molecule has 2 rings (SSSR count). The zero-order chi connectivity index (χ0) is 14.8. The Kier molecular flexibility index (Phi) is 4.35. The van der Waals surface area contributed by atoms with Gasteiger partial charge < -0.3 is 4.74 Å². The van der Waals surface area contributed by atoms with Gasteiger partial charge in [-0.1, -0.05) is 0 Å². The van der Waals surface area contributed by atoms with Crippen LogP contribution in [-0.4, -0.2) is 0 Å². The van der Waals surface area contributed by atoms with Crippen molar-refractivity contribution in [2.24, 2.45) is 0 Å². The molecule has 0 saturated carbocycles. The molecule has 0 bridgehead atoms. The molecule has 0 unspecified atom stereocenters. The van der Waals surface area contributed by atoms with E-state index in [0.717, 1.165) is 15.4 Å². The molecule has 0 aliphatic heterocycles. The van der Waals surface area contributed by atoms with Gasteiger partial charge in [0.25, 0.3) is 0 Å². The second-order valence-corrected chi connectivity index (χ2v) is 5.66. The number of hydrogen-bond donors (Lipinski definition) is 0. The number of alkyl halides is 3. The molecule has 104 valence electrons. The van der Waals surface area contributed by atoms with Gasteiger partial charge in [-0.25, -0.2) is 0 Å². The van der Waals surface area contributed by atoms with Gasteiger partial charge in [-0.2, -0.15) is 18.4 Å². The normalized spacial score (nSPS) is 11.2. The van der Waals surface area contributed by atoms with E-state index in [2.05, 4.69) is 15.9 Å². The molecule has 0 aliphatic rings. The quantitative estimate of drug-likeness (QED) is 0.772. The number of nitriles is 1. The van der Waals surface area contributed by atoms with E-state index in [9.17, 15) is 13.2 Å². The molecule has 2 nitrogen and oxygen atoms in total. The molecule has 0 saturated heterocycles. The van der Waals surface area contributed by atoms with Crippen LogP contribution in [0, 0.1) is 11.3 Å². The van der Waals surface area contributed by atoms with Crippen molar-refractivity contribution in [3.63, 3.8) is 0 Å². The molecule has 20 heavy (non-hydrogen) atoms. The van der Waals surface area contributed by atoms with Crippen molar-refractivity contribution < 1.29 is 17.9 Å². The molecule has 2 aromatic rings. The molecular weight excluding hydrogens is 355 g/mol. The lowest BCUT2D eigenvalue weighted by Crippen LogP contribution is -2.09. The zero-order valence-electron chi connectivity index (χ0n) is 9.87. The number of halogens is 4. The van der Waals surface area contributed by atoms with Crippen molar-refractivity contribution in [2.75, 3.05) is 0 Å². The molecule has 1 aromatic heterocycles. The third-order valence-electron chi connectivity index (χ3n) is 2.46. The van der Waals surface area contributed by atoms with Gasteiger partial charge in [-0.3, -0.25) is 0 Å². The summed E-state index contributed by atoms with van der Waals surface area (Å²) in [5.41, 5.74) is -0.994. The van der Waals surface area contributed by atoms with Gasteiger partial charge in [0.2, 0.25) is 0 Å². The Bertz CT molecular complexity index is 660. The largest absolute Gasteiger partial charge is 0.487 e. The van der Waals surface area contributed by atoms with Crippen LogP contribution in [0.25, 0.3) is 0 Å². The van der Waals surface area contributed by atoms with Crippen LogP contribution in [0.4, 0.5) is 13.2 Å². The maximum atomic E-state index is 12.9. The van der Waals surface area contributed by atoms with E-state index in [-0.39, 0.29) is 17.9 Å². The summed E-state index contributed by atoms with van der Waals surface area (Å²) >= 11 is 4.67. The highest BCUT2D eigenvalue weighted by Gasteiger charge is 2.34. The van der Waals surface area contributed by atoms with Crippen molar-refractivity contribution in [2.45, 2.75) is 12.8 Å². The molecule has 0 spiro atoms. The topological polar surface area (TPSA) is 33.0 Å². The molecule has 1 heterocycles. The summed E-state index contributed by atoms with van der Waals surface area (Å²) in [6.07, 6.45) is -4.56. The van der Waals surface area contributed by atoms with Crippen LogP contribution in [0.15, 0.2) is 34.1 Å². The van der Waals surface area contributed by atoms with Gasteiger partial charge in [0.15, 0.2) is 0 Å². The molecule has 0 radical (unpaired) electrons. The molecule has 0 N–H and O–H groups in total. The fourth-order valence-corrected chi connectivity index (χ4v) is 2.90. The second kappa shape index (κ2) is 5.85. The lowest BCUT2D eigenvalue weighted by atomic mass is 10.1. The Labute approximate surface area is 125 Å². The highest BCUT2D eigenvalue weighted by molar-refractivity contribution is 9.10. The number of ether oxygens (including phenoxy) is 1. The average molecular weight is 362 g/mol. The molecule has 0 aliphatic carbocycles. The fourth-order valence-electron chi connectivity index (χ4n) is 1.52. The van der Waals surface area contributed by atoms with Gasteiger partial charge in [-0.05, 0) is 45.6 Å². The number of rotatable bonds is 3. The Morgan fingerprint density at radius 2 is 2.05 bits per heavy atom. The number of benzene rings is 1. The van der Waals surface area contributed by atoms with Crippen LogP contribution >= 0.6 is 27.3 Å². The van der Waals surface area contributed by atoms with Crippen LogP contribution in [0.2, 0.25) is 0 Å². The van der Waals surface area contributed by atoms with Gasteiger partial charge in [0.05, 0.1) is 22.1 Å². The Balaban J connectivity index is 2.28. The molecule has 0 amide bonds. The lowest BCUT2D eigenvalue weighted by molar-refractivity contribution is -0.139. The highest BCUT2D eigenvalue weighted by Crippen LogP contribution is 2.37. The van der Waals surface area contributed by atoms with E-state index in [1.54, 1.807) is 12.1 Å². The first-order chi connectivity index (χ1) is 9.41. The van der Waals surface area contributed by atoms with E-state index < -0.39 is 11.7 Å². The first kappa shape index (κ1) is 14.9. The van der Waals surface area contributed by atoms with Crippen molar-refractivity contribution >= 4 is 27.3 Å². The monoisotopic (exact) mass is 361 g/mol. The van der Waals surface area contributed by atoms with E-state index in [0.29, 0.717) is 0 Å². The molecule has 0 fully saturated rings. The van der Waals surface area contributed by atoms with E-state index in [1.807, 2.05) is 5.38 Å². The maximum Gasteiger partial charge on any atom is 0.420 e. The summed E-state index contributed by atoms with van der Waals surface area (Å²) in [4.78, 5) is 0.794. The first-order valence-electron chi connectivity index (χ1n) is 5.38. The number of hydrogen-bond acceptors (Lipinski definition) is 3. The van der Waals surface area contributed by atoms with Crippen LogP contribution in [-0.2, 0) is 12.8 Å². The first-order valence-corrected chi connectivity index (χ1v) is 7.05. The van der Waals surface area contributed by atoms with Crippen molar-refractivity contribution in [1.29, 1.82) is 5.26 Å². The third kappa shape index (κ3) is 3.32.